The molecule has 38 heavy (non-hydrogen) atoms. The predicted molar refractivity (Wildman–Crippen MR) is 151 cm³/mol. The van der Waals surface area contributed by atoms with E-state index >= 15 is 0 Å². The van der Waals surface area contributed by atoms with Gasteiger partial charge in [-0.2, -0.15) is 0 Å². The smallest absolute Gasteiger partial charge is 0.261 e. The van der Waals surface area contributed by atoms with Gasteiger partial charge in [0.25, 0.3) is 5.91 Å². The van der Waals surface area contributed by atoms with Gasteiger partial charge < -0.3 is 15.0 Å². The van der Waals surface area contributed by atoms with Crippen molar-refractivity contribution in [2.24, 2.45) is 0 Å². The summed E-state index contributed by atoms with van der Waals surface area (Å²) in [5.41, 5.74) is 1.65. The van der Waals surface area contributed by atoms with Crippen LogP contribution in [-0.2, 0) is 22.6 Å². The zero-order valence-corrected chi connectivity index (χ0v) is 22.8. The first-order valence-corrected chi connectivity index (χ1v) is 13.4. The number of rotatable bonds is 11. The Balaban J connectivity index is 1.62. The van der Waals surface area contributed by atoms with E-state index in [1.165, 1.54) is 17.0 Å². The topological polar surface area (TPSA) is 58.6 Å². The molecular formula is C31H30BrFN2O3. The molecule has 0 aromatic heterocycles. The van der Waals surface area contributed by atoms with Crippen molar-refractivity contribution in [1.29, 1.82) is 0 Å². The molecular weight excluding hydrogens is 547 g/mol. The van der Waals surface area contributed by atoms with E-state index in [9.17, 15) is 14.0 Å². The van der Waals surface area contributed by atoms with Crippen molar-refractivity contribution in [3.63, 3.8) is 0 Å². The lowest BCUT2D eigenvalue weighted by molar-refractivity contribution is -0.142. The molecule has 2 amide bonds. The minimum absolute atomic E-state index is 0.137. The first-order chi connectivity index (χ1) is 18.5. The van der Waals surface area contributed by atoms with Crippen LogP contribution in [0.15, 0.2) is 95.5 Å². The van der Waals surface area contributed by atoms with Gasteiger partial charge >= 0.3 is 0 Å². The second-order valence-electron chi connectivity index (χ2n) is 9.03. The van der Waals surface area contributed by atoms with Gasteiger partial charge in [-0.25, -0.2) is 4.39 Å². The van der Waals surface area contributed by atoms with E-state index in [1.54, 1.807) is 12.1 Å². The number of hydrogen-bond acceptors (Lipinski definition) is 3. The normalized spacial score (nSPS) is 11.7. The molecule has 1 atom stereocenters. The Morgan fingerprint density at radius 3 is 2.37 bits per heavy atom. The van der Waals surface area contributed by atoms with Gasteiger partial charge in [-0.05, 0) is 62.4 Å². The maximum absolute atomic E-state index is 13.7. The van der Waals surface area contributed by atoms with Gasteiger partial charge in [0.05, 0.1) is 4.47 Å². The maximum atomic E-state index is 13.7. The van der Waals surface area contributed by atoms with Gasteiger partial charge in [-0.3, -0.25) is 9.59 Å². The highest BCUT2D eigenvalue weighted by molar-refractivity contribution is 9.10. The Labute approximate surface area is 230 Å². The summed E-state index contributed by atoms with van der Waals surface area (Å²) in [6.07, 6.45) is 1.11. The second kappa shape index (κ2) is 13.2. The van der Waals surface area contributed by atoms with Crippen molar-refractivity contribution in [2.45, 2.75) is 32.4 Å². The van der Waals surface area contributed by atoms with Crippen LogP contribution in [0.2, 0.25) is 0 Å². The number of amides is 2. The Kier molecular flexibility index (Phi) is 9.49. The Morgan fingerprint density at radius 1 is 0.921 bits per heavy atom. The lowest BCUT2D eigenvalue weighted by Crippen LogP contribution is -2.51. The summed E-state index contributed by atoms with van der Waals surface area (Å²) in [6, 6.07) is 26.4. The van der Waals surface area contributed by atoms with E-state index in [0.29, 0.717) is 24.3 Å². The highest BCUT2D eigenvalue weighted by atomic mass is 79.9. The van der Waals surface area contributed by atoms with Crippen molar-refractivity contribution in [2.75, 3.05) is 13.2 Å². The molecule has 0 aliphatic carbocycles. The zero-order chi connectivity index (χ0) is 26.9. The minimum atomic E-state index is -0.773. The largest absolute Gasteiger partial charge is 0.483 e. The molecule has 0 aliphatic heterocycles. The Hall–Kier alpha value is -3.71. The molecule has 4 rings (SSSR count). The average Bonchev–Trinajstić information content (AvgIpc) is 2.94. The van der Waals surface area contributed by atoms with E-state index < -0.39 is 6.04 Å². The van der Waals surface area contributed by atoms with Gasteiger partial charge in [-0.1, -0.05) is 79.7 Å². The van der Waals surface area contributed by atoms with Crippen molar-refractivity contribution in [3.05, 3.63) is 112 Å². The molecule has 0 radical (unpaired) electrons. The summed E-state index contributed by atoms with van der Waals surface area (Å²) in [7, 11) is 0. The lowest BCUT2D eigenvalue weighted by atomic mass is 10.0. The molecule has 0 aliphatic rings. The van der Waals surface area contributed by atoms with Gasteiger partial charge in [0.15, 0.2) is 6.61 Å². The number of carbonyl (C=O) groups is 2. The van der Waals surface area contributed by atoms with Crippen molar-refractivity contribution in [1.82, 2.24) is 10.2 Å². The number of nitrogens with zero attached hydrogens (tertiary/aromatic N) is 1. The van der Waals surface area contributed by atoms with Crippen LogP contribution in [0.1, 0.15) is 24.5 Å². The van der Waals surface area contributed by atoms with Crippen LogP contribution >= 0.6 is 15.9 Å². The standard InChI is InChI=1S/C31H30BrFN2O3/c1-2-18-34-31(37)27(19-22-8-4-3-5-9-22)35(20-23-12-15-25(33)16-13-23)29(36)21-38-28-17-14-24-10-6-7-11-26(24)30(28)32/h3-17,27H,2,18-21H2,1H3,(H,34,37)/t27-/m1/s1. The van der Waals surface area contributed by atoms with Crippen LogP contribution in [0.25, 0.3) is 10.8 Å². The highest BCUT2D eigenvalue weighted by Crippen LogP contribution is 2.33. The second-order valence-corrected chi connectivity index (χ2v) is 9.83. The summed E-state index contributed by atoms with van der Waals surface area (Å²) < 4.78 is 20.3. The number of fused-ring (bicyclic) bond motifs is 1. The quantitative estimate of drug-likeness (QED) is 0.228. The van der Waals surface area contributed by atoms with E-state index in [-0.39, 0.29) is 30.8 Å². The summed E-state index contributed by atoms with van der Waals surface area (Å²) in [6.45, 7) is 2.36. The molecule has 0 fully saturated rings. The monoisotopic (exact) mass is 576 g/mol. The SMILES string of the molecule is CCCNC(=O)[C@@H](Cc1ccccc1)N(Cc1ccc(F)cc1)C(=O)COc1ccc2ccccc2c1Br. The molecule has 7 heteroatoms. The van der Waals surface area contributed by atoms with Crippen LogP contribution in [0, 0.1) is 5.82 Å². The van der Waals surface area contributed by atoms with Gasteiger partial charge in [0.1, 0.15) is 17.6 Å². The minimum Gasteiger partial charge on any atom is -0.483 e. The number of ether oxygens (including phenoxy) is 1. The van der Waals surface area contributed by atoms with Crippen LogP contribution < -0.4 is 10.1 Å². The van der Waals surface area contributed by atoms with Crippen molar-refractivity contribution >= 4 is 38.5 Å². The molecule has 0 saturated heterocycles. The molecule has 4 aromatic carbocycles. The number of nitrogens with one attached hydrogen (secondary N) is 1. The van der Waals surface area contributed by atoms with E-state index in [4.69, 9.17) is 4.74 Å². The average molecular weight is 577 g/mol. The molecule has 0 saturated carbocycles. The molecule has 0 heterocycles. The summed E-state index contributed by atoms with van der Waals surface area (Å²) in [5, 5.41) is 4.97. The fraction of sp³-hybridized carbons (Fsp3) is 0.226. The van der Waals surface area contributed by atoms with Crippen LogP contribution in [-0.4, -0.2) is 35.9 Å². The van der Waals surface area contributed by atoms with E-state index in [2.05, 4.69) is 21.2 Å². The van der Waals surface area contributed by atoms with Gasteiger partial charge in [0, 0.05) is 19.5 Å². The summed E-state index contributed by atoms with van der Waals surface area (Å²) in [5.74, 6) is -0.411. The number of hydrogen-bond donors (Lipinski definition) is 1. The number of carbonyl (C=O) groups excluding carboxylic acids is 2. The third kappa shape index (κ3) is 6.98. The van der Waals surface area contributed by atoms with Crippen molar-refractivity contribution < 1.29 is 18.7 Å². The third-order valence-electron chi connectivity index (χ3n) is 6.27. The first-order valence-electron chi connectivity index (χ1n) is 12.6. The van der Waals surface area contributed by atoms with Crippen LogP contribution in [0.3, 0.4) is 0 Å². The maximum Gasteiger partial charge on any atom is 0.261 e. The van der Waals surface area contributed by atoms with E-state index in [1.807, 2.05) is 73.7 Å². The first kappa shape index (κ1) is 27.3. The van der Waals surface area contributed by atoms with Crippen molar-refractivity contribution in [3.8, 4) is 5.75 Å². The fourth-order valence-corrected chi connectivity index (χ4v) is 4.86. The lowest BCUT2D eigenvalue weighted by Gasteiger charge is -2.31. The number of benzene rings is 4. The Morgan fingerprint density at radius 2 is 1.63 bits per heavy atom. The fourth-order valence-electron chi connectivity index (χ4n) is 4.25. The van der Waals surface area contributed by atoms with Gasteiger partial charge in [-0.15, -0.1) is 0 Å². The van der Waals surface area contributed by atoms with E-state index in [0.717, 1.165) is 27.2 Å². The molecule has 1 N–H and O–H groups in total. The molecule has 4 aromatic rings. The van der Waals surface area contributed by atoms with Crippen LogP contribution in [0.5, 0.6) is 5.75 Å². The summed E-state index contributed by atoms with van der Waals surface area (Å²) in [4.78, 5) is 28.6. The number of halogens is 2. The molecule has 5 nitrogen and oxygen atoms in total. The highest BCUT2D eigenvalue weighted by Gasteiger charge is 2.30. The van der Waals surface area contributed by atoms with Crippen LogP contribution in [0.4, 0.5) is 4.39 Å². The summed E-state index contributed by atoms with van der Waals surface area (Å²) >= 11 is 3.60. The third-order valence-corrected chi connectivity index (χ3v) is 7.08. The molecule has 0 unspecified atom stereocenters. The molecule has 196 valence electrons. The molecule has 0 spiro atoms. The predicted octanol–water partition coefficient (Wildman–Crippen LogP) is 6.29. The Bertz CT molecular complexity index is 1380. The molecule has 0 bridgehead atoms. The zero-order valence-electron chi connectivity index (χ0n) is 21.2. The van der Waals surface area contributed by atoms with Gasteiger partial charge in [0.2, 0.25) is 5.91 Å².